The highest BCUT2D eigenvalue weighted by atomic mass is 16.5. The Balaban J connectivity index is 2.09. The number of aliphatic imine (C=N–C) groups is 1. The molecule has 1 rings (SSSR count). The van der Waals surface area contributed by atoms with E-state index >= 15 is 0 Å². The molecule has 0 unspecified atom stereocenters. The molecule has 108 valence electrons. The van der Waals surface area contributed by atoms with Gasteiger partial charge in [0.1, 0.15) is 0 Å². The Bertz CT molecular complexity index is 375. The van der Waals surface area contributed by atoms with E-state index in [-0.39, 0.29) is 0 Å². The molecule has 0 saturated heterocycles. The maximum atomic E-state index is 5.00. The van der Waals surface area contributed by atoms with E-state index in [1.807, 2.05) is 17.8 Å². The molecule has 0 saturated carbocycles. The minimum atomic E-state index is 0.767. The molecule has 0 aromatic carbocycles. The van der Waals surface area contributed by atoms with Gasteiger partial charge in [-0.15, -0.1) is 0 Å². The van der Waals surface area contributed by atoms with Crippen molar-refractivity contribution in [3.63, 3.8) is 0 Å². The predicted molar refractivity (Wildman–Crippen MR) is 77.4 cm³/mol. The van der Waals surface area contributed by atoms with Crippen molar-refractivity contribution in [1.29, 1.82) is 0 Å². The van der Waals surface area contributed by atoms with Crippen molar-refractivity contribution in [2.75, 3.05) is 33.9 Å². The van der Waals surface area contributed by atoms with Gasteiger partial charge >= 0.3 is 0 Å². The van der Waals surface area contributed by atoms with Crippen LogP contribution in [0.2, 0.25) is 0 Å². The van der Waals surface area contributed by atoms with Crippen molar-refractivity contribution < 1.29 is 4.74 Å². The van der Waals surface area contributed by atoms with Gasteiger partial charge in [-0.3, -0.25) is 9.67 Å². The summed E-state index contributed by atoms with van der Waals surface area (Å²) in [6, 6.07) is 0. The summed E-state index contributed by atoms with van der Waals surface area (Å²) < 4.78 is 6.96. The number of hydrogen-bond acceptors (Lipinski definition) is 3. The molecule has 6 heteroatoms. The van der Waals surface area contributed by atoms with Crippen LogP contribution in [0.4, 0.5) is 0 Å². The van der Waals surface area contributed by atoms with E-state index in [1.54, 1.807) is 14.2 Å². The average molecular weight is 267 g/mol. The zero-order chi connectivity index (χ0) is 13.9. The number of aromatic nitrogens is 2. The van der Waals surface area contributed by atoms with Gasteiger partial charge in [0.25, 0.3) is 0 Å². The van der Waals surface area contributed by atoms with E-state index in [1.165, 1.54) is 5.56 Å². The van der Waals surface area contributed by atoms with Gasteiger partial charge in [0.05, 0.1) is 6.20 Å². The van der Waals surface area contributed by atoms with Gasteiger partial charge in [-0.1, -0.05) is 0 Å². The first-order valence-corrected chi connectivity index (χ1v) is 6.68. The summed E-state index contributed by atoms with van der Waals surface area (Å²) in [5.74, 6) is 0.841. The summed E-state index contributed by atoms with van der Waals surface area (Å²) in [4.78, 5) is 4.17. The van der Waals surface area contributed by atoms with E-state index in [0.29, 0.717) is 0 Å². The molecule has 1 heterocycles. The molecule has 0 spiro atoms. The van der Waals surface area contributed by atoms with Crippen molar-refractivity contribution >= 4 is 5.96 Å². The largest absolute Gasteiger partial charge is 0.385 e. The molecule has 6 nitrogen and oxygen atoms in total. The second kappa shape index (κ2) is 9.38. The number of hydrogen-bond donors (Lipinski definition) is 2. The summed E-state index contributed by atoms with van der Waals surface area (Å²) in [6.45, 7) is 5.48. The normalized spacial score (nSPS) is 11.6. The summed E-state index contributed by atoms with van der Waals surface area (Å²) in [5.41, 5.74) is 1.20. The molecule has 0 atom stereocenters. The van der Waals surface area contributed by atoms with Gasteiger partial charge in [0, 0.05) is 46.6 Å². The Morgan fingerprint density at radius 3 is 2.68 bits per heavy atom. The molecule has 2 N–H and O–H groups in total. The van der Waals surface area contributed by atoms with Crippen LogP contribution in [-0.2, 0) is 11.3 Å². The van der Waals surface area contributed by atoms with Gasteiger partial charge in [-0.25, -0.2) is 0 Å². The van der Waals surface area contributed by atoms with Crippen LogP contribution in [0.3, 0.4) is 0 Å². The molecule has 1 aromatic heterocycles. The summed E-state index contributed by atoms with van der Waals surface area (Å²) in [5, 5.41) is 10.8. The average Bonchev–Trinajstić information content (AvgIpc) is 2.82. The lowest BCUT2D eigenvalue weighted by molar-refractivity contribution is 0.195. The number of methoxy groups -OCH3 is 1. The number of nitrogens with zero attached hydrogens (tertiary/aromatic N) is 3. The lowest BCUT2D eigenvalue weighted by Crippen LogP contribution is -2.38. The number of guanidine groups is 1. The van der Waals surface area contributed by atoms with Crippen LogP contribution < -0.4 is 10.6 Å². The lowest BCUT2D eigenvalue weighted by Gasteiger charge is -2.11. The maximum absolute atomic E-state index is 5.00. The first-order chi connectivity index (χ1) is 9.26. The third-order valence-corrected chi connectivity index (χ3v) is 2.66. The van der Waals surface area contributed by atoms with Crippen molar-refractivity contribution in [3.05, 3.63) is 18.0 Å². The van der Waals surface area contributed by atoms with Crippen LogP contribution in [0.25, 0.3) is 0 Å². The molecule has 19 heavy (non-hydrogen) atoms. The monoisotopic (exact) mass is 267 g/mol. The summed E-state index contributed by atoms with van der Waals surface area (Å²) in [7, 11) is 3.49. The van der Waals surface area contributed by atoms with Crippen molar-refractivity contribution in [3.8, 4) is 0 Å². The van der Waals surface area contributed by atoms with Crippen molar-refractivity contribution in [1.82, 2.24) is 20.4 Å². The number of aryl methyl sites for hydroxylation is 2. The molecule has 0 aliphatic heterocycles. The van der Waals surface area contributed by atoms with E-state index < -0.39 is 0 Å². The molecule has 1 aromatic rings. The quantitative estimate of drug-likeness (QED) is 0.415. The molecule has 0 radical (unpaired) electrons. The fraction of sp³-hybridized carbons (Fsp3) is 0.692. The van der Waals surface area contributed by atoms with Gasteiger partial charge < -0.3 is 15.4 Å². The number of rotatable bonds is 8. The van der Waals surface area contributed by atoms with Crippen LogP contribution in [0, 0.1) is 6.92 Å². The van der Waals surface area contributed by atoms with E-state index in [9.17, 15) is 0 Å². The highest BCUT2D eigenvalue weighted by molar-refractivity contribution is 5.79. The number of nitrogens with one attached hydrogen (secondary N) is 2. The Labute approximate surface area is 115 Å². The highest BCUT2D eigenvalue weighted by Gasteiger charge is 1.97. The first-order valence-electron chi connectivity index (χ1n) is 6.68. The van der Waals surface area contributed by atoms with E-state index in [2.05, 4.69) is 26.9 Å². The van der Waals surface area contributed by atoms with Crippen LogP contribution in [0.1, 0.15) is 18.4 Å². The van der Waals surface area contributed by atoms with Gasteiger partial charge in [0.2, 0.25) is 0 Å². The summed E-state index contributed by atoms with van der Waals surface area (Å²) >= 11 is 0. The molecule has 0 amide bonds. The Morgan fingerprint density at radius 1 is 1.37 bits per heavy atom. The molecule has 0 fully saturated rings. The van der Waals surface area contributed by atoms with Crippen LogP contribution >= 0.6 is 0 Å². The SMILES string of the molecule is CN=C(NCCCOC)NCCCn1cc(C)cn1. The maximum Gasteiger partial charge on any atom is 0.190 e. The fourth-order valence-corrected chi connectivity index (χ4v) is 1.68. The molecule has 0 aliphatic carbocycles. The van der Waals surface area contributed by atoms with Crippen LogP contribution in [0.15, 0.2) is 17.4 Å². The topological polar surface area (TPSA) is 63.5 Å². The Kier molecular flexibility index (Phi) is 7.65. The van der Waals surface area contributed by atoms with Gasteiger partial charge in [-0.05, 0) is 25.3 Å². The molecule has 0 bridgehead atoms. The number of ether oxygens (including phenoxy) is 1. The Morgan fingerprint density at radius 2 is 2.11 bits per heavy atom. The van der Waals surface area contributed by atoms with Crippen LogP contribution in [-0.4, -0.2) is 49.6 Å². The highest BCUT2D eigenvalue weighted by Crippen LogP contribution is 1.95. The minimum absolute atomic E-state index is 0.767. The second-order valence-electron chi connectivity index (χ2n) is 4.41. The fourth-order valence-electron chi connectivity index (χ4n) is 1.68. The third-order valence-electron chi connectivity index (χ3n) is 2.66. The second-order valence-corrected chi connectivity index (χ2v) is 4.41. The van der Waals surface area contributed by atoms with Crippen molar-refractivity contribution in [2.45, 2.75) is 26.3 Å². The molecular formula is C13H25N5O. The van der Waals surface area contributed by atoms with Gasteiger partial charge in [-0.2, -0.15) is 5.10 Å². The zero-order valence-electron chi connectivity index (χ0n) is 12.1. The smallest absolute Gasteiger partial charge is 0.190 e. The van der Waals surface area contributed by atoms with E-state index in [4.69, 9.17) is 4.74 Å². The van der Waals surface area contributed by atoms with Crippen LogP contribution in [0.5, 0.6) is 0 Å². The zero-order valence-corrected chi connectivity index (χ0v) is 12.1. The van der Waals surface area contributed by atoms with Crippen molar-refractivity contribution in [2.24, 2.45) is 4.99 Å². The standard InChI is InChI=1S/C13H25N5O/c1-12-10-17-18(11-12)8-4-6-15-13(14-2)16-7-5-9-19-3/h10-11H,4-9H2,1-3H3,(H2,14,15,16). The molecule has 0 aliphatic rings. The minimum Gasteiger partial charge on any atom is -0.385 e. The van der Waals surface area contributed by atoms with Gasteiger partial charge in [0.15, 0.2) is 5.96 Å². The Hall–Kier alpha value is -1.56. The summed E-state index contributed by atoms with van der Waals surface area (Å²) in [6.07, 6.45) is 5.92. The molecular weight excluding hydrogens is 242 g/mol. The van der Waals surface area contributed by atoms with E-state index in [0.717, 1.165) is 45.0 Å². The third kappa shape index (κ3) is 6.81. The first kappa shape index (κ1) is 15.5. The predicted octanol–water partition coefficient (Wildman–Crippen LogP) is 0.783. The lowest BCUT2D eigenvalue weighted by atomic mass is 10.4.